The average molecular weight is 308 g/mol. The first kappa shape index (κ1) is 16.6. The second-order valence-electron chi connectivity index (χ2n) is 5.73. The summed E-state index contributed by atoms with van der Waals surface area (Å²) in [6, 6.07) is 13.4. The van der Waals surface area contributed by atoms with Gasteiger partial charge in [0.2, 0.25) is 0 Å². The average Bonchev–Trinajstić information content (AvgIpc) is 2.53. The van der Waals surface area contributed by atoms with Gasteiger partial charge >= 0.3 is 6.09 Å². The van der Waals surface area contributed by atoms with Gasteiger partial charge in [0.25, 0.3) is 0 Å². The summed E-state index contributed by atoms with van der Waals surface area (Å²) in [6.45, 7) is 5.82. The molecular formula is C19H20N2O2. The van der Waals surface area contributed by atoms with Crippen LogP contribution < -0.4 is 5.32 Å². The van der Waals surface area contributed by atoms with Crippen molar-refractivity contribution in [2.24, 2.45) is 0 Å². The highest BCUT2D eigenvalue weighted by Gasteiger charge is 2.18. The van der Waals surface area contributed by atoms with Gasteiger partial charge in [0.05, 0.1) is 5.54 Å². The minimum atomic E-state index is -0.711. The van der Waals surface area contributed by atoms with E-state index in [-0.39, 0.29) is 6.61 Å². The van der Waals surface area contributed by atoms with E-state index in [1.165, 1.54) is 0 Å². The molecule has 1 aromatic carbocycles. The van der Waals surface area contributed by atoms with Crippen molar-refractivity contribution in [2.45, 2.75) is 32.9 Å². The molecule has 0 spiro atoms. The largest absolute Gasteiger partial charge is 0.445 e. The number of pyridine rings is 1. The number of amides is 1. The molecule has 2 rings (SSSR count). The zero-order valence-electron chi connectivity index (χ0n) is 13.6. The summed E-state index contributed by atoms with van der Waals surface area (Å²) in [7, 11) is 0. The number of aryl methyl sites for hydroxylation is 1. The van der Waals surface area contributed by atoms with Gasteiger partial charge in [-0.05, 0) is 43.9 Å². The minimum absolute atomic E-state index is 0.232. The predicted molar refractivity (Wildman–Crippen MR) is 89.7 cm³/mol. The van der Waals surface area contributed by atoms with E-state index < -0.39 is 11.6 Å². The topological polar surface area (TPSA) is 51.2 Å². The molecule has 0 aliphatic heterocycles. The Morgan fingerprint density at radius 2 is 1.96 bits per heavy atom. The number of carbonyl (C=O) groups excluding carboxylic acids is 1. The minimum Gasteiger partial charge on any atom is -0.445 e. The van der Waals surface area contributed by atoms with Gasteiger partial charge < -0.3 is 10.1 Å². The maximum atomic E-state index is 11.9. The Bertz CT molecular complexity index is 728. The Morgan fingerprint density at radius 1 is 1.22 bits per heavy atom. The van der Waals surface area contributed by atoms with Gasteiger partial charge in [0.15, 0.2) is 0 Å². The number of hydrogen-bond donors (Lipinski definition) is 1. The van der Waals surface area contributed by atoms with Crippen LogP contribution in [0.1, 0.15) is 30.7 Å². The van der Waals surface area contributed by atoms with Crippen LogP contribution in [0.3, 0.4) is 0 Å². The number of carbonyl (C=O) groups is 1. The lowest BCUT2D eigenvalue weighted by Gasteiger charge is -2.19. The van der Waals surface area contributed by atoms with Crippen molar-refractivity contribution < 1.29 is 9.53 Å². The van der Waals surface area contributed by atoms with Crippen molar-refractivity contribution in [3.8, 4) is 11.8 Å². The van der Waals surface area contributed by atoms with E-state index in [1.54, 1.807) is 6.20 Å². The Kier molecular flexibility index (Phi) is 5.37. The standard InChI is InChI=1S/C19H20N2O2/c1-15-8-7-13-20-17(15)11-12-19(2,3)21-18(22)23-14-16-9-5-4-6-10-16/h4-10,13H,14H2,1-3H3,(H,21,22). The van der Waals surface area contributed by atoms with Crippen molar-refractivity contribution in [1.82, 2.24) is 10.3 Å². The Hall–Kier alpha value is -2.80. The van der Waals surface area contributed by atoms with Gasteiger partial charge in [-0.2, -0.15) is 0 Å². The maximum Gasteiger partial charge on any atom is 0.408 e. The molecule has 23 heavy (non-hydrogen) atoms. The lowest BCUT2D eigenvalue weighted by atomic mass is 10.1. The molecule has 1 aromatic heterocycles. The first-order chi connectivity index (χ1) is 11.0. The number of hydrogen-bond acceptors (Lipinski definition) is 3. The smallest absolute Gasteiger partial charge is 0.408 e. The molecule has 2 aromatic rings. The molecule has 0 fully saturated rings. The van der Waals surface area contributed by atoms with Gasteiger partial charge in [-0.15, -0.1) is 0 Å². The molecule has 4 heteroatoms. The predicted octanol–water partition coefficient (Wildman–Crippen LogP) is 3.45. The van der Waals surface area contributed by atoms with Crippen LogP contribution in [0.5, 0.6) is 0 Å². The summed E-state index contributed by atoms with van der Waals surface area (Å²) < 4.78 is 5.21. The second kappa shape index (κ2) is 7.46. The molecular weight excluding hydrogens is 288 g/mol. The van der Waals surface area contributed by atoms with Crippen LogP contribution >= 0.6 is 0 Å². The molecule has 0 aliphatic carbocycles. The third kappa shape index (κ3) is 5.48. The monoisotopic (exact) mass is 308 g/mol. The SMILES string of the molecule is Cc1cccnc1C#CC(C)(C)NC(=O)OCc1ccccc1. The molecule has 1 amide bonds. The quantitative estimate of drug-likeness (QED) is 0.884. The molecule has 1 N–H and O–H groups in total. The van der Waals surface area contributed by atoms with Gasteiger partial charge in [-0.25, -0.2) is 9.78 Å². The highest BCUT2D eigenvalue weighted by atomic mass is 16.5. The number of nitrogens with one attached hydrogen (secondary N) is 1. The fourth-order valence-electron chi connectivity index (χ4n) is 1.88. The first-order valence-corrected chi connectivity index (χ1v) is 7.40. The molecule has 0 radical (unpaired) electrons. The Morgan fingerprint density at radius 3 is 2.65 bits per heavy atom. The van der Waals surface area contributed by atoms with Crippen LogP contribution in [0.4, 0.5) is 4.79 Å². The molecule has 4 nitrogen and oxygen atoms in total. The third-order valence-electron chi connectivity index (χ3n) is 3.13. The van der Waals surface area contributed by atoms with Gasteiger partial charge in [0.1, 0.15) is 12.3 Å². The van der Waals surface area contributed by atoms with Gasteiger partial charge in [-0.1, -0.05) is 42.3 Å². The van der Waals surface area contributed by atoms with E-state index in [0.717, 1.165) is 11.1 Å². The summed E-state index contributed by atoms with van der Waals surface area (Å²) in [5.41, 5.74) is 1.94. The summed E-state index contributed by atoms with van der Waals surface area (Å²) >= 11 is 0. The van der Waals surface area contributed by atoms with Crippen LogP contribution in [0.15, 0.2) is 48.7 Å². The van der Waals surface area contributed by atoms with E-state index in [0.29, 0.717) is 5.69 Å². The molecule has 0 unspecified atom stereocenters. The summed E-state index contributed by atoms with van der Waals surface area (Å²) in [5.74, 6) is 6.02. The van der Waals surface area contributed by atoms with Gasteiger partial charge in [-0.3, -0.25) is 0 Å². The van der Waals surface area contributed by atoms with Crippen molar-refractivity contribution in [1.29, 1.82) is 0 Å². The fourth-order valence-corrected chi connectivity index (χ4v) is 1.88. The molecule has 0 saturated carbocycles. The molecule has 118 valence electrons. The van der Waals surface area contributed by atoms with E-state index in [2.05, 4.69) is 22.1 Å². The normalized spacial score (nSPS) is 10.4. The van der Waals surface area contributed by atoms with E-state index in [9.17, 15) is 4.79 Å². The van der Waals surface area contributed by atoms with Crippen LogP contribution in [-0.4, -0.2) is 16.6 Å². The summed E-state index contributed by atoms with van der Waals surface area (Å²) in [6.07, 6.45) is 1.21. The van der Waals surface area contributed by atoms with Gasteiger partial charge in [0, 0.05) is 6.20 Å². The second-order valence-corrected chi connectivity index (χ2v) is 5.73. The number of alkyl carbamates (subject to hydrolysis) is 1. The Balaban J connectivity index is 1.93. The van der Waals surface area contributed by atoms with Crippen molar-refractivity contribution in [3.63, 3.8) is 0 Å². The van der Waals surface area contributed by atoms with Crippen LogP contribution in [0, 0.1) is 18.8 Å². The first-order valence-electron chi connectivity index (χ1n) is 7.40. The number of rotatable bonds is 3. The molecule has 0 atom stereocenters. The molecule has 0 bridgehead atoms. The van der Waals surface area contributed by atoms with Crippen LogP contribution in [-0.2, 0) is 11.3 Å². The zero-order chi connectivity index (χ0) is 16.7. The third-order valence-corrected chi connectivity index (χ3v) is 3.13. The molecule has 0 aliphatic rings. The van der Waals surface area contributed by atoms with E-state index in [1.807, 2.05) is 63.2 Å². The maximum absolute atomic E-state index is 11.9. The summed E-state index contributed by atoms with van der Waals surface area (Å²) in [4.78, 5) is 16.1. The van der Waals surface area contributed by atoms with E-state index in [4.69, 9.17) is 4.74 Å². The lowest BCUT2D eigenvalue weighted by Crippen LogP contribution is -2.42. The zero-order valence-corrected chi connectivity index (χ0v) is 13.6. The van der Waals surface area contributed by atoms with E-state index >= 15 is 0 Å². The summed E-state index contributed by atoms with van der Waals surface area (Å²) in [5, 5.41) is 2.75. The number of aromatic nitrogens is 1. The van der Waals surface area contributed by atoms with Crippen molar-refractivity contribution in [2.75, 3.05) is 0 Å². The van der Waals surface area contributed by atoms with Crippen molar-refractivity contribution in [3.05, 3.63) is 65.5 Å². The fraction of sp³-hybridized carbons (Fsp3) is 0.263. The molecule has 1 heterocycles. The lowest BCUT2D eigenvalue weighted by molar-refractivity contribution is 0.134. The number of nitrogens with zero attached hydrogens (tertiary/aromatic N) is 1. The van der Waals surface area contributed by atoms with Crippen LogP contribution in [0.2, 0.25) is 0 Å². The Labute approximate surface area is 136 Å². The van der Waals surface area contributed by atoms with Crippen molar-refractivity contribution >= 4 is 6.09 Å². The highest BCUT2D eigenvalue weighted by molar-refractivity contribution is 5.69. The number of ether oxygens (including phenoxy) is 1. The van der Waals surface area contributed by atoms with Crippen LogP contribution in [0.25, 0.3) is 0 Å². The number of benzene rings is 1. The molecule has 0 saturated heterocycles. The highest BCUT2D eigenvalue weighted by Crippen LogP contribution is 2.06.